The first-order valence-corrected chi connectivity index (χ1v) is 8.34. The van der Waals surface area contributed by atoms with E-state index < -0.39 is 17.6 Å². The maximum Gasteiger partial charge on any atom is 0.256 e. The molecule has 0 saturated carbocycles. The zero-order valence-electron chi connectivity index (χ0n) is 13.4. The van der Waals surface area contributed by atoms with Crippen molar-refractivity contribution in [2.75, 3.05) is 5.32 Å². The molecule has 0 fully saturated rings. The van der Waals surface area contributed by atoms with Crippen molar-refractivity contribution in [3.63, 3.8) is 0 Å². The van der Waals surface area contributed by atoms with Crippen LogP contribution < -0.4 is 11.1 Å². The molecule has 4 nitrogen and oxygen atoms in total. The number of thiophene rings is 1. The predicted molar refractivity (Wildman–Crippen MR) is 97.4 cm³/mol. The summed E-state index contributed by atoms with van der Waals surface area (Å²) in [6.45, 7) is 1.87. The second-order valence-corrected chi connectivity index (χ2v) is 6.65. The molecule has 0 unspecified atom stereocenters. The van der Waals surface area contributed by atoms with Crippen LogP contribution in [0.25, 0.3) is 11.1 Å². The normalized spacial score (nSPS) is 10.5. The molecular formula is C19H15FN2O2S. The van der Waals surface area contributed by atoms with Crippen LogP contribution in [-0.2, 0) is 0 Å². The van der Waals surface area contributed by atoms with E-state index in [0.29, 0.717) is 16.1 Å². The molecule has 0 aliphatic heterocycles. The number of nitrogens with two attached hydrogens (primary N) is 1. The summed E-state index contributed by atoms with van der Waals surface area (Å²) in [7, 11) is 0. The first-order chi connectivity index (χ1) is 12.0. The number of nitrogens with one attached hydrogen (secondary N) is 1. The van der Waals surface area contributed by atoms with Crippen molar-refractivity contribution in [2.45, 2.75) is 6.92 Å². The largest absolute Gasteiger partial charge is 0.365 e. The van der Waals surface area contributed by atoms with Gasteiger partial charge in [-0.15, -0.1) is 11.3 Å². The number of carbonyl (C=O) groups excluding carboxylic acids is 2. The molecule has 3 aromatic rings. The van der Waals surface area contributed by atoms with Crippen molar-refractivity contribution in [3.05, 3.63) is 76.4 Å². The van der Waals surface area contributed by atoms with Gasteiger partial charge < -0.3 is 11.1 Å². The van der Waals surface area contributed by atoms with E-state index in [-0.39, 0.29) is 5.56 Å². The first-order valence-electron chi connectivity index (χ1n) is 7.53. The van der Waals surface area contributed by atoms with E-state index in [0.717, 1.165) is 10.4 Å². The summed E-state index contributed by atoms with van der Waals surface area (Å²) in [6.07, 6.45) is 0. The number of hydrogen-bond donors (Lipinski definition) is 2. The molecular weight excluding hydrogens is 339 g/mol. The summed E-state index contributed by atoms with van der Waals surface area (Å²) in [5.74, 6) is -1.46. The third-order valence-corrected chi connectivity index (χ3v) is 4.75. The lowest BCUT2D eigenvalue weighted by atomic mass is 10.0. The van der Waals surface area contributed by atoms with Crippen molar-refractivity contribution in [1.82, 2.24) is 0 Å². The quantitative estimate of drug-likeness (QED) is 0.736. The Bertz CT molecular complexity index is 934. The molecule has 0 aliphatic carbocycles. The third kappa shape index (κ3) is 3.44. The molecule has 1 aromatic heterocycles. The highest BCUT2D eigenvalue weighted by Gasteiger charge is 2.23. The molecule has 0 radical (unpaired) electrons. The van der Waals surface area contributed by atoms with Gasteiger partial charge >= 0.3 is 0 Å². The minimum absolute atomic E-state index is 0.282. The van der Waals surface area contributed by atoms with Gasteiger partial charge in [0.25, 0.3) is 11.8 Å². The van der Waals surface area contributed by atoms with Crippen LogP contribution in [0.1, 0.15) is 25.6 Å². The maximum atomic E-state index is 13.0. The monoisotopic (exact) mass is 354 g/mol. The molecule has 1 heterocycles. The number of rotatable bonds is 4. The number of aryl methyl sites for hydroxylation is 1. The Morgan fingerprint density at radius 1 is 1.04 bits per heavy atom. The summed E-state index contributed by atoms with van der Waals surface area (Å²) >= 11 is 1.28. The van der Waals surface area contributed by atoms with E-state index in [2.05, 4.69) is 5.32 Å². The Hall–Kier alpha value is -2.99. The average Bonchev–Trinajstić information content (AvgIpc) is 2.92. The van der Waals surface area contributed by atoms with Crippen LogP contribution >= 0.6 is 11.3 Å². The molecule has 2 aromatic carbocycles. The molecule has 0 bridgehead atoms. The van der Waals surface area contributed by atoms with Crippen molar-refractivity contribution in [3.8, 4) is 11.1 Å². The molecule has 0 saturated heterocycles. The summed E-state index contributed by atoms with van der Waals surface area (Å²) in [5, 5.41) is 3.10. The fourth-order valence-corrected chi connectivity index (χ4v) is 3.67. The van der Waals surface area contributed by atoms with Crippen LogP contribution in [0.2, 0.25) is 0 Å². The summed E-state index contributed by atoms with van der Waals surface area (Å²) in [6, 6.07) is 14.6. The maximum absolute atomic E-state index is 13.0. The summed E-state index contributed by atoms with van der Waals surface area (Å²) in [4.78, 5) is 25.3. The fraction of sp³-hybridized carbons (Fsp3) is 0.0526. The molecule has 2 amide bonds. The van der Waals surface area contributed by atoms with Gasteiger partial charge in [-0.05, 0) is 36.8 Å². The van der Waals surface area contributed by atoms with Gasteiger partial charge in [-0.3, -0.25) is 9.59 Å². The third-order valence-electron chi connectivity index (χ3n) is 3.73. The van der Waals surface area contributed by atoms with Crippen molar-refractivity contribution in [1.29, 1.82) is 0 Å². The van der Waals surface area contributed by atoms with Crippen LogP contribution in [0.3, 0.4) is 0 Å². The second kappa shape index (κ2) is 6.86. The highest BCUT2D eigenvalue weighted by Crippen LogP contribution is 2.39. The number of carbonyl (C=O) groups is 2. The number of halogens is 1. The van der Waals surface area contributed by atoms with Crippen LogP contribution in [0.4, 0.5) is 9.39 Å². The topological polar surface area (TPSA) is 72.2 Å². The standard InChI is InChI=1S/C19H15FN2O2S/c1-11-15(12-5-3-2-4-6-12)16(17(21)23)19(25-11)22-18(24)13-7-9-14(20)10-8-13/h2-10H,1H3,(H2,21,23)(H,22,24). The SMILES string of the molecule is Cc1sc(NC(=O)c2ccc(F)cc2)c(C(N)=O)c1-c1ccccc1. The van der Waals surface area contributed by atoms with E-state index in [1.807, 2.05) is 37.3 Å². The Kier molecular flexibility index (Phi) is 4.63. The van der Waals surface area contributed by atoms with E-state index in [1.165, 1.54) is 35.6 Å². The zero-order chi connectivity index (χ0) is 18.0. The fourth-order valence-electron chi connectivity index (χ4n) is 2.60. The van der Waals surface area contributed by atoms with Gasteiger partial charge in [0.05, 0.1) is 5.56 Å². The van der Waals surface area contributed by atoms with Gasteiger partial charge in [0.2, 0.25) is 0 Å². The van der Waals surface area contributed by atoms with Gasteiger partial charge in [-0.25, -0.2) is 4.39 Å². The van der Waals surface area contributed by atoms with Crippen molar-refractivity contribution in [2.24, 2.45) is 5.73 Å². The number of amides is 2. The second-order valence-electron chi connectivity index (χ2n) is 5.43. The van der Waals surface area contributed by atoms with E-state index in [4.69, 9.17) is 5.73 Å². The molecule has 0 aliphatic rings. The molecule has 0 spiro atoms. The Balaban J connectivity index is 2.01. The number of primary amides is 1. The van der Waals surface area contributed by atoms with Crippen LogP contribution in [0, 0.1) is 12.7 Å². The van der Waals surface area contributed by atoms with Crippen molar-refractivity contribution >= 4 is 28.2 Å². The summed E-state index contributed by atoms with van der Waals surface area (Å²) < 4.78 is 13.0. The average molecular weight is 354 g/mol. The van der Waals surface area contributed by atoms with Gasteiger partial charge in [0, 0.05) is 16.0 Å². The molecule has 0 atom stereocenters. The zero-order valence-corrected chi connectivity index (χ0v) is 14.2. The minimum Gasteiger partial charge on any atom is -0.365 e. The van der Waals surface area contributed by atoms with Gasteiger partial charge in [0.15, 0.2) is 0 Å². The lowest BCUT2D eigenvalue weighted by Gasteiger charge is -2.07. The minimum atomic E-state index is -0.613. The molecule has 25 heavy (non-hydrogen) atoms. The highest BCUT2D eigenvalue weighted by molar-refractivity contribution is 7.17. The van der Waals surface area contributed by atoms with E-state index in [1.54, 1.807) is 0 Å². The number of hydrogen-bond acceptors (Lipinski definition) is 3. The highest BCUT2D eigenvalue weighted by atomic mass is 32.1. The van der Waals surface area contributed by atoms with Gasteiger partial charge in [0.1, 0.15) is 10.8 Å². The lowest BCUT2D eigenvalue weighted by molar-refractivity contribution is 0.100. The van der Waals surface area contributed by atoms with E-state index in [9.17, 15) is 14.0 Å². The van der Waals surface area contributed by atoms with Crippen LogP contribution in [0.15, 0.2) is 54.6 Å². The Morgan fingerprint density at radius 2 is 1.68 bits per heavy atom. The molecule has 3 rings (SSSR count). The molecule has 6 heteroatoms. The van der Waals surface area contributed by atoms with E-state index >= 15 is 0 Å². The van der Waals surface area contributed by atoms with Crippen LogP contribution in [0.5, 0.6) is 0 Å². The predicted octanol–water partition coefficient (Wildman–Crippen LogP) is 4.21. The van der Waals surface area contributed by atoms with Crippen LogP contribution in [-0.4, -0.2) is 11.8 Å². The Morgan fingerprint density at radius 3 is 2.28 bits per heavy atom. The lowest BCUT2D eigenvalue weighted by Crippen LogP contribution is -2.17. The first kappa shape index (κ1) is 16.9. The summed E-state index contributed by atoms with van der Waals surface area (Å²) in [5.41, 5.74) is 7.71. The smallest absolute Gasteiger partial charge is 0.256 e. The number of benzene rings is 2. The van der Waals surface area contributed by atoms with Gasteiger partial charge in [-0.2, -0.15) is 0 Å². The Labute approximate surface area is 148 Å². The number of anilines is 1. The van der Waals surface area contributed by atoms with Crippen molar-refractivity contribution < 1.29 is 14.0 Å². The molecule has 3 N–H and O–H groups in total. The molecule has 126 valence electrons. The van der Waals surface area contributed by atoms with Gasteiger partial charge in [-0.1, -0.05) is 30.3 Å².